The topological polar surface area (TPSA) is 88.1 Å². The third-order valence-corrected chi connectivity index (χ3v) is 9.51. The van der Waals surface area contributed by atoms with Crippen molar-refractivity contribution < 1.29 is 4.79 Å². The molecular weight excluding hydrogens is 639 g/mol. The lowest BCUT2D eigenvalue weighted by Gasteiger charge is -2.33. The van der Waals surface area contributed by atoms with Gasteiger partial charge >= 0.3 is 0 Å². The number of hydrogen-bond donors (Lipinski definition) is 2. The molecule has 1 amide bonds. The fourth-order valence-corrected chi connectivity index (χ4v) is 6.72. The van der Waals surface area contributed by atoms with Gasteiger partial charge in [0.2, 0.25) is 0 Å². The number of piperidine rings is 1. The first kappa shape index (κ1) is 32.9. The maximum absolute atomic E-state index is 14.5. The number of amides is 1. The van der Waals surface area contributed by atoms with Gasteiger partial charge in [0.15, 0.2) is 5.82 Å². The summed E-state index contributed by atoms with van der Waals surface area (Å²) in [6.45, 7) is 9.79. The fourth-order valence-electron chi connectivity index (χ4n) is 6.42. The van der Waals surface area contributed by atoms with Crippen molar-refractivity contribution >= 4 is 62.8 Å². The van der Waals surface area contributed by atoms with Crippen molar-refractivity contribution in [2.24, 2.45) is 5.92 Å². The lowest BCUT2D eigenvalue weighted by Crippen LogP contribution is -2.34. The number of nitriles is 1. The zero-order chi connectivity index (χ0) is 33.8. The number of allylic oxidation sites excluding steroid dienone is 1. The van der Waals surface area contributed by atoms with Gasteiger partial charge in [-0.05, 0) is 86.0 Å². The van der Waals surface area contributed by atoms with Crippen molar-refractivity contribution in [2.75, 3.05) is 23.3 Å². The Morgan fingerprint density at radius 1 is 1.06 bits per heavy atom. The van der Waals surface area contributed by atoms with Crippen LogP contribution in [0.5, 0.6) is 0 Å². The van der Waals surface area contributed by atoms with Crippen molar-refractivity contribution in [3.05, 3.63) is 136 Å². The molecule has 1 fully saturated rings. The minimum atomic E-state index is -0.319. The molecule has 1 saturated heterocycles. The predicted octanol–water partition coefficient (Wildman–Crippen LogP) is 9.96. The predicted molar refractivity (Wildman–Crippen MR) is 197 cm³/mol. The average molecular weight is 676 g/mol. The highest BCUT2D eigenvalue weighted by Crippen LogP contribution is 2.41. The lowest BCUT2D eigenvalue weighted by atomic mass is 9.95. The molecule has 3 aromatic carbocycles. The molecule has 0 spiro atoms. The number of aromatic nitrogens is 2. The Morgan fingerprint density at radius 3 is 2.46 bits per heavy atom. The zero-order valence-corrected chi connectivity index (χ0v) is 28.4. The van der Waals surface area contributed by atoms with Gasteiger partial charge in [-0.2, -0.15) is 5.26 Å². The first-order valence-corrected chi connectivity index (χ1v) is 16.7. The SMILES string of the molecule is C=CN(/C(=C(\C)c1ccccc1)c1c(C(=O)Nc2cccnc2N2CCC(C#N)CC2)[nH]c2cc(Cl)ccc12)C(C)c1ccc(Cl)cc1. The van der Waals surface area contributed by atoms with Crippen LogP contribution in [0.2, 0.25) is 10.0 Å². The molecule has 1 atom stereocenters. The van der Waals surface area contributed by atoms with Crippen LogP contribution < -0.4 is 10.2 Å². The van der Waals surface area contributed by atoms with Gasteiger partial charge in [-0.1, -0.05) is 78.3 Å². The van der Waals surface area contributed by atoms with Crippen molar-refractivity contribution in [1.82, 2.24) is 14.9 Å². The summed E-state index contributed by atoms with van der Waals surface area (Å²) in [6.07, 6.45) is 5.04. The Hall–Kier alpha value is -5.03. The molecule has 6 rings (SSSR count). The van der Waals surface area contributed by atoms with Gasteiger partial charge in [0.05, 0.1) is 23.5 Å². The largest absolute Gasteiger partial charge is 0.355 e. The summed E-state index contributed by atoms with van der Waals surface area (Å²) in [5, 5.41) is 14.6. The number of H-pyrrole nitrogens is 1. The van der Waals surface area contributed by atoms with E-state index in [4.69, 9.17) is 23.2 Å². The normalized spacial score (nSPS) is 14.6. The Morgan fingerprint density at radius 2 is 1.77 bits per heavy atom. The number of carbonyl (C=O) groups excluding carboxylic acids is 1. The number of nitrogens with zero attached hydrogens (tertiary/aromatic N) is 4. The van der Waals surface area contributed by atoms with Gasteiger partial charge in [0, 0.05) is 51.7 Å². The first-order chi connectivity index (χ1) is 23.3. The van der Waals surface area contributed by atoms with Crippen LogP contribution >= 0.6 is 23.2 Å². The van der Waals surface area contributed by atoms with Gasteiger partial charge in [0.1, 0.15) is 5.69 Å². The smallest absolute Gasteiger partial charge is 0.272 e. The minimum Gasteiger partial charge on any atom is -0.355 e. The summed E-state index contributed by atoms with van der Waals surface area (Å²) in [5.41, 5.74) is 6.26. The van der Waals surface area contributed by atoms with Crippen LogP contribution in [-0.2, 0) is 0 Å². The van der Waals surface area contributed by atoms with E-state index in [0.29, 0.717) is 40.3 Å². The Kier molecular flexibility index (Phi) is 9.86. The molecule has 0 bridgehead atoms. The fraction of sp³-hybridized carbons (Fsp3) is 0.205. The Bertz CT molecular complexity index is 2020. The molecule has 3 heterocycles. The Balaban J connectivity index is 1.50. The van der Waals surface area contributed by atoms with Crippen molar-refractivity contribution in [3.8, 4) is 6.07 Å². The number of pyridine rings is 1. The highest BCUT2D eigenvalue weighted by Gasteiger charge is 2.29. The molecule has 9 heteroatoms. The summed E-state index contributed by atoms with van der Waals surface area (Å²) in [5.74, 6) is 0.396. The first-order valence-electron chi connectivity index (χ1n) is 15.9. The van der Waals surface area contributed by atoms with E-state index < -0.39 is 0 Å². The monoisotopic (exact) mass is 674 g/mol. The summed E-state index contributed by atoms with van der Waals surface area (Å²) in [4.78, 5) is 26.8. The van der Waals surface area contributed by atoms with E-state index in [1.807, 2.05) is 79.0 Å². The van der Waals surface area contributed by atoms with E-state index in [-0.39, 0.29) is 17.9 Å². The van der Waals surface area contributed by atoms with Crippen LogP contribution in [0.3, 0.4) is 0 Å². The molecule has 48 heavy (non-hydrogen) atoms. The van der Waals surface area contributed by atoms with Gasteiger partial charge in [-0.15, -0.1) is 0 Å². The van der Waals surface area contributed by atoms with Crippen molar-refractivity contribution in [1.29, 1.82) is 5.26 Å². The zero-order valence-electron chi connectivity index (χ0n) is 26.9. The van der Waals surface area contributed by atoms with E-state index in [9.17, 15) is 10.1 Å². The van der Waals surface area contributed by atoms with Gasteiger partial charge in [0.25, 0.3) is 5.91 Å². The maximum atomic E-state index is 14.5. The lowest BCUT2D eigenvalue weighted by molar-refractivity contribution is 0.102. The highest BCUT2D eigenvalue weighted by atomic mass is 35.5. The quantitative estimate of drug-likeness (QED) is 0.162. The molecule has 1 unspecified atom stereocenters. The summed E-state index contributed by atoms with van der Waals surface area (Å²) in [7, 11) is 0. The van der Waals surface area contributed by atoms with Crippen LogP contribution in [0.25, 0.3) is 22.2 Å². The van der Waals surface area contributed by atoms with Crippen molar-refractivity contribution in [3.63, 3.8) is 0 Å². The second-order valence-corrected chi connectivity index (χ2v) is 12.8. The molecule has 0 saturated carbocycles. The summed E-state index contributed by atoms with van der Waals surface area (Å²) >= 11 is 12.7. The second kappa shape index (κ2) is 14.4. The third-order valence-electron chi connectivity index (χ3n) is 9.02. The summed E-state index contributed by atoms with van der Waals surface area (Å²) < 4.78 is 0. The molecular formula is C39H36Cl2N6O. The number of rotatable bonds is 9. The molecule has 2 N–H and O–H groups in total. The molecule has 242 valence electrons. The molecule has 0 aliphatic carbocycles. The van der Waals surface area contributed by atoms with Gasteiger partial charge in [-0.3, -0.25) is 4.79 Å². The van der Waals surface area contributed by atoms with Gasteiger partial charge in [-0.25, -0.2) is 4.98 Å². The van der Waals surface area contributed by atoms with Crippen LogP contribution in [0.1, 0.15) is 59.9 Å². The number of benzene rings is 3. The number of nitrogens with one attached hydrogen (secondary N) is 2. The molecule has 0 radical (unpaired) electrons. The third kappa shape index (κ3) is 6.68. The molecule has 1 aliphatic heterocycles. The van der Waals surface area contributed by atoms with E-state index in [2.05, 4.69) is 63.7 Å². The number of halogens is 2. The number of aromatic amines is 1. The number of carbonyl (C=O) groups is 1. The van der Waals surface area contributed by atoms with E-state index in [1.165, 1.54) is 0 Å². The highest BCUT2D eigenvalue weighted by molar-refractivity contribution is 6.31. The molecule has 7 nitrogen and oxygen atoms in total. The van der Waals surface area contributed by atoms with E-state index >= 15 is 0 Å². The molecule has 5 aromatic rings. The summed E-state index contributed by atoms with van der Waals surface area (Å²) in [6, 6.07) is 29.4. The van der Waals surface area contributed by atoms with Crippen LogP contribution in [0, 0.1) is 17.2 Å². The minimum absolute atomic E-state index is 0.0323. The molecule has 2 aromatic heterocycles. The standard InChI is InChI=1S/C39H36Cl2N6O/c1-4-47(26(3)29-12-14-30(40)15-13-29)37(25(2)28-9-6-5-7-10-28)35-32-17-16-31(41)23-34(32)44-36(35)39(48)45-33-11-8-20-43-38(33)46-21-18-27(24-42)19-22-46/h4-17,20,23,26-27,44H,1,18-19,21-22H2,2-3H3,(H,45,48)/b37-25+. The van der Waals surface area contributed by atoms with Crippen LogP contribution in [0.4, 0.5) is 11.5 Å². The van der Waals surface area contributed by atoms with Crippen LogP contribution in [0.15, 0.2) is 104 Å². The van der Waals surface area contributed by atoms with Crippen LogP contribution in [-0.4, -0.2) is 33.9 Å². The maximum Gasteiger partial charge on any atom is 0.272 e. The number of hydrogen-bond acceptors (Lipinski definition) is 5. The molecule has 1 aliphatic rings. The number of anilines is 2. The Labute approximate surface area is 291 Å². The van der Waals surface area contributed by atoms with Gasteiger partial charge < -0.3 is 20.1 Å². The van der Waals surface area contributed by atoms with E-state index in [1.54, 1.807) is 6.20 Å². The van der Waals surface area contributed by atoms with Crippen molar-refractivity contribution in [2.45, 2.75) is 32.7 Å². The van der Waals surface area contributed by atoms with E-state index in [0.717, 1.165) is 51.7 Å². The second-order valence-electron chi connectivity index (χ2n) is 11.9. The average Bonchev–Trinajstić information content (AvgIpc) is 3.49. The number of fused-ring (bicyclic) bond motifs is 1.